The summed E-state index contributed by atoms with van der Waals surface area (Å²) in [7, 11) is 0. The molecule has 0 aromatic heterocycles. The molecule has 0 radical (unpaired) electrons. The lowest BCUT2D eigenvalue weighted by Gasteiger charge is -2.15. The van der Waals surface area contributed by atoms with Crippen molar-refractivity contribution in [1.82, 2.24) is 10.6 Å². The summed E-state index contributed by atoms with van der Waals surface area (Å²) in [5, 5.41) is 6.41. The Balaban J connectivity index is 1.98. The van der Waals surface area contributed by atoms with E-state index in [0.29, 0.717) is 0 Å². The summed E-state index contributed by atoms with van der Waals surface area (Å²) in [6, 6.07) is 0.0626. The second-order valence-electron chi connectivity index (χ2n) is 5.41. The van der Waals surface area contributed by atoms with Crippen molar-refractivity contribution in [3.05, 3.63) is 0 Å². The van der Waals surface area contributed by atoms with Crippen LogP contribution in [0.1, 0.15) is 71.1 Å². The molecule has 0 aliphatic carbocycles. The highest BCUT2D eigenvalue weighted by Crippen LogP contribution is 2.08. The minimum absolute atomic E-state index is 0.0626. The van der Waals surface area contributed by atoms with Crippen LogP contribution >= 0.6 is 0 Å². The molecule has 0 spiro atoms. The molecule has 0 saturated carbocycles. The molecular formula is C15H30N2O. The first kappa shape index (κ1) is 15.5. The normalized spacial score (nSPS) is 20.4. The van der Waals surface area contributed by atoms with Crippen molar-refractivity contribution in [2.45, 2.75) is 77.2 Å². The largest absolute Gasteiger partial charge is 0.355 e. The van der Waals surface area contributed by atoms with Gasteiger partial charge >= 0.3 is 0 Å². The first-order chi connectivity index (χ1) is 8.84. The van der Waals surface area contributed by atoms with E-state index in [0.717, 1.165) is 25.9 Å². The Hall–Kier alpha value is -0.570. The minimum atomic E-state index is 0.0626. The Bertz CT molecular complexity index is 211. The van der Waals surface area contributed by atoms with Crippen LogP contribution in [0.4, 0.5) is 0 Å². The Kier molecular flexibility index (Phi) is 8.92. The van der Waals surface area contributed by atoms with Gasteiger partial charge < -0.3 is 10.6 Å². The molecule has 2 N–H and O–H groups in total. The van der Waals surface area contributed by atoms with Crippen molar-refractivity contribution >= 4 is 5.91 Å². The average Bonchev–Trinajstić information content (AvgIpc) is 2.66. The molecule has 1 aliphatic rings. The van der Waals surface area contributed by atoms with E-state index in [1.54, 1.807) is 0 Å². The number of rotatable bonds is 8. The summed E-state index contributed by atoms with van der Waals surface area (Å²) < 4.78 is 0. The number of nitrogens with one attached hydrogen (secondary N) is 2. The summed E-state index contributed by atoms with van der Waals surface area (Å²) in [5.41, 5.74) is 0. The zero-order chi connectivity index (χ0) is 13.1. The third-order valence-electron chi connectivity index (χ3n) is 3.71. The average molecular weight is 254 g/mol. The lowest BCUT2D eigenvalue weighted by molar-refractivity contribution is -0.123. The predicted molar refractivity (Wildman–Crippen MR) is 76.6 cm³/mol. The summed E-state index contributed by atoms with van der Waals surface area (Å²) in [5.74, 6) is 0.213. The molecule has 0 bridgehead atoms. The molecule has 1 rings (SSSR count). The van der Waals surface area contributed by atoms with E-state index in [9.17, 15) is 4.79 Å². The highest BCUT2D eigenvalue weighted by molar-refractivity contribution is 5.81. The lowest BCUT2D eigenvalue weighted by Crippen LogP contribution is -2.43. The molecule has 1 atom stereocenters. The molecule has 1 fully saturated rings. The predicted octanol–water partition coefficient (Wildman–Crippen LogP) is 3.00. The fourth-order valence-corrected chi connectivity index (χ4v) is 2.49. The zero-order valence-corrected chi connectivity index (χ0v) is 12.0. The third kappa shape index (κ3) is 7.00. The lowest BCUT2D eigenvalue weighted by atomic mass is 10.1. The standard InChI is InChI=1S/C15H30N2O/c1-2-3-4-5-6-9-13-17-15(18)14-11-8-7-10-12-16-14/h14,16H,2-13H2,1H3,(H,17,18)/t14-/m0/s1. The summed E-state index contributed by atoms with van der Waals surface area (Å²) >= 11 is 0. The van der Waals surface area contributed by atoms with Crippen LogP contribution in [-0.4, -0.2) is 25.0 Å². The van der Waals surface area contributed by atoms with Gasteiger partial charge in [-0.1, -0.05) is 51.9 Å². The van der Waals surface area contributed by atoms with Gasteiger partial charge in [0.1, 0.15) is 0 Å². The molecule has 1 heterocycles. The van der Waals surface area contributed by atoms with Crippen LogP contribution in [-0.2, 0) is 4.79 Å². The van der Waals surface area contributed by atoms with Gasteiger partial charge in [0.2, 0.25) is 5.91 Å². The number of carbonyl (C=O) groups excluding carboxylic acids is 1. The Morgan fingerprint density at radius 1 is 1.11 bits per heavy atom. The maximum absolute atomic E-state index is 11.9. The Morgan fingerprint density at radius 2 is 1.89 bits per heavy atom. The maximum Gasteiger partial charge on any atom is 0.237 e. The molecule has 18 heavy (non-hydrogen) atoms. The van der Waals surface area contributed by atoms with E-state index in [2.05, 4.69) is 17.6 Å². The first-order valence-corrected chi connectivity index (χ1v) is 7.85. The molecule has 3 heteroatoms. The van der Waals surface area contributed by atoms with Gasteiger partial charge in [-0.3, -0.25) is 4.79 Å². The highest BCUT2D eigenvalue weighted by Gasteiger charge is 2.18. The molecule has 1 amide bonds. The highest BCUT2D eigenvalue weighted by atomic mass is 16.2. The van der Waals surface area contributed by atoms with Gasteiger partial charge in [0.25, 0.3) is 0 Å². The van der Waals surface area contributed by atoms with E-state index in [1.807, 2.05) is 0 Å². The molecule has 3 nitrogen and oxygen atoms in total. The zero-order valence-electron chi connectivity index (χ0n) is 12.0. The molecule has 0 aromatic carbocycles. The number of hydrogen-bond donors (Lipinski definition) is 2. The van der Waals surface area contributed by atoms with E-state index < -0.39 is 0 Å². The summed E-state index contributed by atoms with van der Waals surface area (Å²) in [4.78, 5) is 11.9. The fraction of sp³-hybridized carbons (Fsp3) is 0.933. The molecule has 0 unspecified atom stereocenters. The number of carbonyl (C=O) groups is 1. The van der Waals surface area contributed by atoms with Crippen molar-refractivity contribution < 1.29 is 4.79 Å². The van der Waals surface area contributed by atoms with E-state index in [4.69, 9.17) is 0 Å². The van der Waals surface area contributed by atoms with Crippen molar-refractivity contribution in [2.24, 2.45) is 0 Å². The number of unbranched alkanes of at least 4 members (excludes halogenated alkanes) is 5. The molecule has 1 aliphatic heterocycles. The van der Waals surface area contributed by atoms with Crippen LogP contribution in [0.5, 0.6) is 0 Å². The van der Waals surface area contributed by atoms with E-state index >= 15 is 0 Å². The summed E-state index contributed by atoms with van der Waals surface area (Å²) in [6.45, 7) is 4.08. The van der Waals surface area contributed by atoms with Crippen LogP contribution in [0.2, 0.25) is 0 Å². The monoisotopic (exact) mass is 254 g/mol. The van der Waals surface area contributed by atoms with Gasteiger partial charge in [0.05, 0.1) is 6.04 Å². The second kappa shape index (κ2) is 10.4. The summed E-state index contributed by atoms with van der Waals surface area (Å²) in [6.07, 6.45) is 12.3. The van der Waals surface area contributed by atoms with Crippen LogP contribution in [0.15, 0.2) is 0 Å². The van der Waals surface area contributed by atoms with Gasteiger partial charge in [0.15, 0.2) is 0 Å². The SMILES string of the molecule is CCCCCCCCNC(=O)[C@@H]1CCCCCN1. The van der Waals surface area contributed by atoms with Crippen molar-refractivity contribution in [3.8, 4) is 0 Å². The van der Waals surface area contributed by atoms with Crippen LogP contribution < -0.4 is 10.6 Å². The second-order valence-corrected chi connectivity index (χ2v) is 5.41. The van der Waals surface area contributed by atoms with Gasteiger partial charge in [-0.2, -0.15) is 0 Å². The van der Waals surface area contributed by atoms with Gasteiger partial charge in [-0.05, 0) is 25.8 Å². The molecule has 106 valence electrons. The Morgan fingerprint density at radius 3 is 2.72 bits per heavy atom. The number of amides is 1. The number of hydrogen-bond acceptors (Lipinski definition) is 2. The Labute approximate surface area is 112 Å². The van der Waals surface area contributed by atoms with Crippen LogP contribution in [0, 0.1) is 0 Å². The van der Waals surface area contributed by atoms with Crippen LogP contribution in [0.25, 0.3) is 0 Å². The van der Waals surface area contributed by atoms with Crippen molar-refractivity contribution in [3.63, 3.8) is 0 Å². The fourth-order valence-electron chi connectivity index (χ4n) is 2.49. The molecule has 1 saturated heterocycles. The maximum atomic E-state index is 11.9. The smallest absolute Gasteiger partial charge is 0.237 e. The third-order valence-corrected chi connectivity index (χ3v) is 3.71. The van der Waals surface area contributed by atoms with E-state index in [-0.39, 0.29) is 11.9 Å². The van der Waals surface area contributed by atoms with Crippen molar-refractivity contribution in [2.75, 3.05) is 13.1 Å². The van der Waals surface area contributed by atoms with Gasteiger partial charge in [0, 0.05) is 6.54 Å². The van der Waals surface area contributed by atoms with Gasteiger partial charge in [-0.15, -0.1) is 0 Å². The topological polar surface area (TPSA) is 41.1 Å². The quantitative estimate of drug-likeness (QED) is 0.654. The first-order valence-electron chi connectivity index (χ1n) is 7.85. The molecular weight excluding hydrogens is 224 g/mol. The van der Waals surface area contributed by atoms with Gasteiger partial charge in [-0.25, -0.2) is 0 Å². The minimum Gasteiger partial charge on any atom is -0.355 e. The van der Waals surface area contributed by atoms with Crippen molar-refractivity contribution in [1.29, 1.82) is 0 Å². The van der Waals surface area contributed by atoms with Crippen LogP contribution in [0.3, 0.4) is 0 Å². The van der Waals surface area contributed by atoms with E-state index in [1.165, 1.54) is 51.4 Å². The molecule has 0 aromatic rings.